The summed E-state index contributed by atoms with van der Waals surface area (Å²) in [5, 5.41) is 1.39. The predicted molar refractivity (Wildman–Crippen MR) is 35.6 cm³/mol. The molecular formula is C4H9NSSe. The van der Waals surface area contributed by atoms with Gasteiger partial charge < -0.3 is 0 Å². The van der Waals surface area contributed by atoms with Gasteiger partial charge in [-0.15, -0.1) is 0 Å². The van der Waals surface area contributed by atoms with Gasteiger partial charge in [-0.05, 0) is 0 Å². The Kier molecular flexibility index (Phi) is 2.53. The molecule has 1 atom stereocenters. The van der Waals surface area contributed by atoms with Crippen LogP contribution in [0.25, 0.3) is 0 Å². The van der Waals surface area contributed by atoms with Crippen LogP contribution >= 0.6 is 10.2 Å². The van der Waals surface area contributed by atoms with Crippen LogP contribution in [0.5, 0.6) is 0 Å². The van der Waals surface area contributed by atoms with Gasteiger partial charge in [0, 0.05) is 0 Å². The second-order valence-corrected chi connectivity index (χ2v) is 6.28. The normalized spacial score (nSPS) is 33.0. The average molecular weight is 182 g/mol. The molecule has 1 nitrogen and oxygen atoms in total. The van der Waals surface area contributed by atoms with E-state index in [1.54, 1.807) is 0 Å². The minimum absolute atomic E-state index is 0.514. The molecule has 0 unspecified atom stereocenters. The number of hydrogen-bond acceptors (Lipinski definition) is 2. The average Bonchev–Trinajstić information content (AvgIpc) is 1.69. The van der Waals surface area contributed by atoms with Crippen molar-refractivity contribution in [1.82, 2.24) is 0 Å². The van der Waals surface area contributed by atoms with E-state index in [0.29, 0.717) is 6.04 Å². The minimum atomic E-state index is 0.514. The molecule has 0 radical (unpaired) electrons. The summed E-state index contributed by atoms with van der Waals surface area (Å²) in [5.74, 6) is 1.21. The fraction of sp³-hybridized carbons (Fsp3) is 1.00. The zero-order chi connectivity index (χ0) is 5.11. The van der Waals surface area contributed by atoms with E-state index in [1.165, 1.54) is 17.5 Å². The Morgan fingerprint density at radius 3 is 2.86 bits per heavy atom. The van der Waals surface area contributed by atoms with E-state index in [2.05, 4.69) is 0 Å². The topological polar surface area (TPSA) is 26.0 Å². The second kappa shape index (κ2) is 2.98. The van der Waals surface area contributed by atoms with Gasteiger partial charge in [-0.1, -0.05) is 0 Å². The zero-order valence-corrected chi connectivity index (χ0v) is 6.62. The molecule has 42 valence electrons. The molecule has 1 heterocycles. The van der Waals surface area contributed by atoms with Crippen LogP contribution in [0.4, 0.5) is 0 Å². The van der Waals surface area contributed by atoms with E-state index in [9.17, 15) is 0 Å². The maximum absolute atomic E-state index is 5.62. The van der Waals surface area contributed by atoms with Gasteiger partial charge in [0.15, 0.2) is 0 Å². The molecule has 1 aliphatic rings. The summed E-state index contributed by atoms with van der Waals surface area (Å²) >= 11 is 0.871. The molecule has 0 amide bonds. The SMILES string of the molecule is N[C@H]1CC[Se]SC1. The Bertz CT molecular complexity index is 53.7. The van der Waals surface area contributed by atoms with Gasteiger partial charge in [-0.25, -0.2) is 0 Å². The van der Waals surface area contributed by atoms with Crippen LogP contribution < -0.4 is 5.73 Å². The van der Waals surface area contributed by atoms with Crippen molar-refractivity contribution in [2.45, 2.75) is 17.8 Å². The molecule has 1 fully saturated rings. The zero-order valence-electron chi connectivity index (χ0n) is 4.09. The Balaban J connectivity index is 2.12. The predicted octanol–water partition coefficient (Wildman–Crippen LogP) is 0.488. The van der Waals surface area contributed by atoms with Crippen LogP contribution in [0.3, 0.4) is 0 Å². The first kappa shape index (κ1) is 5.96. The van der Waals surface area contributed by atoms with E-state index in [-0.39, 0.29) is 0 Å². The van der Waals surface area contributed by atoms with Crippen molar-refractivity contribution in [3.05, 3.63) is 0 Å². The number of rotatable bonds is 0. The van der Waals surface area contributed by atoms with Gasteiger partial charge in [0.2, 0.25) is 0 Å². The fourth-order valence-electron chi connectivity index (χ4n) is 0.477. The van der Waals surface area contributed by atoms with E-state index in [4.69, 9.17) is 5.73 Å². The molecule has 0 aliphatic carbocycles. The number of hydrogen-bond donors (Lipinski definition) is 1. The molecule has 0 aromatic rings. The second-order valence-electron chi connectivity index (χ2n) is 1.66. The molecule has 1 rings (SSSR count). The van der Waals surface area contributed by atoms with Crippen molar-refractivity contribution in [3.8, 4) is 0 Å². The first-order chi connectivity index (χ1) is 3.39. The van der Waals surface area contributed by atoms with Gasteiger partial charge in [0.05, 0.1) is 0 Å². The van der Waals surface area contributed by atoms with Gasteiger partial charge in [-0.3, -0.25) is 0 Å². The molecular weight excluding hydrogens is 173 g/mol. The van der Waals surface area contributed by atoms with Crippen molar-refractivity contribution < 1.29 is 0 Å². The Hall–Kier alpha value is 0.829. The molecule has 0 saturated carbocycles. The summed E-state index contributed by atoms with van der Waals surface area (Å²) in [6.45, 7) is 0. The van der Waals surface area contributed by atoms with Crippen LogP contribution in [-0.2, 0) is 0 Å². The third-order valence-electron chi connectivity index (χ3n) is 0.937. The van der Waals surface area contributed by atoms with Crippen molar-refractivity contribution in [2.24, 2.45) is 5.73 Å². The third-order valence-corrected chi connectivity index (χ3v) is 5.28. The van der Waals surface area contributed by atoms with Gasteiger partial charge in [-0.2, -0.15) is 0 Å². The summed E-state index contributed by atoms with van der Waals surface area (Å²) < 4.78 is 0. The van der Waals surface area contributed by atoms with Gasteiger partial charge in [0.1, 0.15) is 0 Å². The molecule has 1 saturated heterocycles. The van der Waals surface area contributed by atoms with Gasteiger partial charge in [0.25, 0.3) is 0 Å². The molecule has 1 aliphatic heterocycles. The molecule has 0 aromatic carbocycles. The molecule has 3 heteroatoms. The monoisotopic (exact) mass is 183 g/mol. The van der Waals surface area contributed by atoms with Crippen molar-refractivity contribution in [1.29, 1.82) is 0 Å². The Labute approximate surface area is 53.6 Å². The van der Waals surface area contributed by atoms with Gasteiger partial charge >= 0.3 is 53.3 Å². The summed E-state index contributed by atoms with van der Waals surface area (Å²) in [7, 11) is 2.04. The third kappa shape index (κ3) is 2.04. The molecule has 0 bridgehead atoms. The van der Waals surface area contributed by atoms with E-state index >= 15 is 0 Å². The van der Waals surface area contributed by atoms with Crippen LogP contribution in [0, 0.1) is 0 Å². The Morgan fingerprint density at radius 2 is 2.57 bits per heavy atom. The van der Waals surface area contributed by atoms with Crippen LogP contribution in [0.15, 0.2) is 0 Å². The maximum atomic E-state index is 5.62. The first-order valence-corrected chi connectivity index (χ1v) is 6.61. The van der Waals surface area contributed by atoms with Crippen LogP contribution in [-0.4, -0.2) is 25.6 Å². The van der Waals surface area contributed by atoms with Crippen molar-refractivity contribution >= 4 is 24.0 Å². The van der Waals surface area contributed by atoms with E-state index in [0.717, 1.165) is 13.8 Å². The summed E-state index contributed by atoms with van der Waals surface area (Å²) in [4.78, 5) is 0. The van der Waals surface area contributed by atoms with E-state index in [1.807, 2.05) is 10.2 Å². The fourth-order valence-corrected chi connectivity index (χ4v) is 4.82. The molecule has 0 aromatic heterocycles. The van der Waals surface area contributed by atoms with Crippen molar-refractivity contribution in [3.63, 3.8) is 0 Å². The molecule has 2 N–H and O–H groups in total. The molecule has 7 heavy (non-hydrogen) atoms. The number of nitrogens with two attached hydrogens (primary N) is 1. The van der Waals surface area contributed by atoms with Crippen molar-refractivity contribution in [2.75, 3.05) is 5.75 Å². The quantitative estimate of drug-likeness (QED) is 0.552. The van der Waals surface area contributed by atoms with Crippen LogP contribution in [0.1, 0.15) is 6.42 Å². The van der Waals surface area contributed by atoms with Crippen LogP contribution in [0.2, 0.25) is 5.32 Å². The summed E-state index contributed by atoms with van der Waals surface area (Å²) in [6.07, 6.45) is 1.27. The summed E-state index contributed by atoms with van der Waals surface area (Å²) in [6, 6.07) is 0.514. The van der Waals surface area contributed by atoms with E-state index < -0.39 is 0 Å². The molecule has 0 spiro atoms. The standard InChI is InChI=1S/C4H9NSSe/c5-4-1-2-7-6-3-4/h4H,1-3,5H2/t4-/m0/s1. The summed E-state index contributed by atoms with van der Waals surface area (Å²) in [5.41, 5.74) is 5.62. The Morgan fingerprint density at radius 1 is 1.71 bits per heavy atom. The first-order valence-electron chi connectivity index (χ1n) is 2.39.